The summed E-state index contributed by atoms with van der Waals surface area (Å²) >= 11 is 0. The second-order valence-electron chi connectivity index (χ2n) is 5.41. The lowest BCUT2D eigenvalue weighted by Crippen LogP contribution is -2.48. The zero-order valence-corrected chi connectivity index (χ0v) is 12.1. The van der Waals surface area contributed by atoms with E-state index >= 15 is 0 Å². The van der Waals surface area contributed by atoms with Crippen LogP contribution in [-0.4, -0.2) is 24.7 Å². The van der Waals surface area contributed by atoms with Crippen molar-refractivity contribution in [1.82, 2.24) is 5.32 Å². The SMILES string of the molecule is CCCCCCCOC(=O)C1(CCC)CCCN1. The van der Waals surface area contributed by atoms with Crippen LogP contribution in [0.3, 0.4) is 0 Å². The minimum Gasteiger partial charge on any atom is -0.464 e. The number of hydrogen-bond acceptors (Lipinski definition) is 3. The first kappa shape index (κ1) is 15.5. The third-order valence-corrected chi connectivity index (χ3v) is 3.79. The predicted octanol–water partition coefficient (Wildman–Crippen LogP) is 3.42. The van der Waals surface area contributed by atoms with Crippen molar-refractivity contribution in [1.29, 1.82) is 0 Å². The van der Waals surface area contributed by atoms with Gasteiger partial charge in [0.15, 0.2) is 0 Å². The lowest BCUT2D eigenvalue weighted by atomic mass is 9.92. The maximum atomic E-state index is 12.2. The van der Waals surface area contributed by atoms with E-state index in [9.17, 15) is 4.79 Å². The van der Waals surface area contributed by atoms with Gasteiger partial charge in [0.05, 0.1) is 6.61 Å². The molecule has 1 heterocycles. The molecule has 3 nitrogen and oxygen atoms in total. The molecule has 0 saturated carbocycles. The zero-order valence-electron chi connectivity index (χ0n) is 12.1. The molecule has 0 amide bonds. The molecule has 1 saturated heterocycles. The lowest BCUT2D eigenvalue weighted by molar-refractivity contribution is -0.151. The van der Waals surface area contributed by atoms with Gasteiger partial charge in [-0.1, -0.05) is 46.0 Å². The van der Waals surface area contributed by atoms with E-state index in [0.29, 0.717) is 6.61 Å². The molecule has 3 heteroatoms. The monoisotopic (exact) mass is 255 g/mol. The summed E-state index contributed by atoms with van der Waals surface area (Å²) in [5.74, 6) is -0.0164. The first-order chi connectivity index (χ1) is 8.75. The second kappa shape index (κ2) is 8.52. The van der Waals surface area contributed by atoms with E-state index in [2.05, 4.69) is 19.2 Å². The third-order valence-electron chi connectivity index (χ3n) is 3.79. The van der Waals surface area contributed by atoms with Crippen LogP contribution in [0.5, 0.6) is 0 Å². The number of hydrogen-bond donors (Lipinski definition) is 1. The second-order valence-corrected chi connectivity index (χ2v) is 5.41. The summed E-state index contributed by atoms with van der Waals surface area (Å²) < 4.78 is 5.46. The summed E-state index contributed by atoms with van der Waals surface area (Å²) in [6.07, 6.45) is 9.94. The van der Waals surface area contributed by atoms with Crippen molar-refractivity contribution in [2.45, 2.75) is 77.2 Å². The molecule has 106 valence electrons. The maximum Gasteiger partial charge on any atom is 0.326 e. The van der Waals surface area contributed by atoms with Crippen LogP contribution in [0.2, 0.25) is 0 Å². The lowest BCUT2D eigenvalue weighted by Gasteiger charge is -2.26. The highest BCUT2D eigenvalue weighted by molar-refractivity contribution is 5.81. The fraction of sp³-hybridized carbons (Fsp3) is 0.933. The summed E-state index contributed by atoms with van der Waals surface area (Å²) in [6, 6.07) is 0. The predicted molar refractivity (Wildman–Crippen MR) is 74.6 cm³/mol. The van der Waals surface area contributed by atoms with E-state index in [1.54, 1.807) is 0 Å². The number of carbonyl (C=O) groups excluding carboxylic acids is 1. The molecule has 1 aliphatic rings. The molecule has 0 radical (unpaired) electrons. The van der Waals surface area contributed by atoms with Crippen LogP contribution >= 0.6 is 0 Å². The van der Waals surface area contributed by atoms with Crippen molar-refractivity contribution in [3.8, 4) is 0 Å². The van der Waals surface area contributed by atoms with Gasteiger partial charge in [-0.25, -0.2) is 0 Å². The van der Waals surface area contributed by atoms with E-state index in [-0.39, 0.29) is 11.5 Å². The van der Waals surface area contributed by atoms with Gasteiger partial charge in [-0.15, -0.1) is 0 Å². The van der Waals surface area contributed by atoms with Gasteiger partial charge in [0, 0.05) is 0 Å². The molecule has 1 atom stereocenters. The Balaban J connectivity index is 2.21. The molecular formula is C15H29NO2. The normalized spacial score (nSPS) is 23.2. The van der Waals surface area contributed by atoms with Crippen LogP contribution in [0.15, 0.2) is 0 Å². The van der Waals surface area contributed by atoms with Crippen molar-refractivity contribution < 1.29 is 9.53 Å². The van der Waals surface area contributed by atoms with Gasteiger partial charge < -0.3 is 10.1 Å². The number of ether oxygens (including phenoxy) is 1. The van der Waals surface area contributed by atoms with E-state index in [1.807, 2.05) is 0 Å². The summed E-state index contributed by atoms with van der Waals surface area (Å²) in [7, 11) is 0. The van der Waals surface area contributed by atoms with Crippen molar-refractivity contribution >= 4 is 5.97 Å². The quantitative estimate of drug-likeness (QED) is 0.507. The Kier molecular flexibility index (Phi) is 7.33. The Bertz CT molecular complexity index is 235. The summed E-state index contributed by atoms with van der Waals surface area (Å²) in [4.78, 5) is 12.2. The summed E-state index contributed by atoms with van der Waals surface area (Å²) in [6.45, 7) is 5.88. The molecule has 1 unspecified atom stereocenters. The summed E-state index contributed by atoms with van der Waals surface area (Å²) in [5.41, 5.74) is -0.363. The van der Waals surface area contributed by atoms with Crippen LogP contribution in [0.1, 0.15) is 71.6 Å². The van der Waals surface area contributed by atoms with E-state index in [1.165, 1.54) is 25.7 Å². The molecule has 1 rings (SSSR count). The maximum absolute atomic E-state index is 12.2. The molecule has 0 aromatic carbocycles. The van der Waals surface area contributed by atoms with Gasteiger partial charge in [-0.2, -0.15) is 0 Å². The average Bonchev–Trinajstić information content (AvgIpc) is 2.83. The first-order valence-electron chi connectivity index (χ1n) is 7.67. The van der Waals surface area contributed by atoms with Gasteiger partial charge in [-0.3, -0.25) is 4.79 Å². The van der Waals surface area contributed by atoms with Crippen LogP contribution < -0.4 is 5.32 Å². The molecule has 1 fully saturated rings. The van der Waals surface area contributed by atoms with Crippen molar-refractivity contribution in [3.63, 3.8) is 0 Å². The smallest absolute Gasteiger partial charge is 0.326 e. The van der Waals surface area contributed by atoms with Gasteiger partial charge in [0.25, 0.3) is 0 Å². The molecule has 0 spiro atoms. The van der Waals surface area contributed by atoms with Crippen molar-refractivity contribution in [3.05, 3.63) is 0 Å². The van der Waals surface area contributed by atoms with E-state index < -0.39 is 0 Å². The van der Waals surface area contributed by atoms with Gasteiger partial charge >= 0.3 is 5.97 Å². The topological polar surface area (TPSA) is 38.3 Å². The fourth-order valence-corrected chi connectivity index (χ4v) is 2.73. The summed E-state index contributed by atoms with van der Waals surface area (Å²) in [5, 5.41) is 3.36. The number of unbranched alkanes of at least 4 members (excludes halogenated alkanes) is 4. The van der Waals surface area contributed by atoms with Crippen LogP contribution in [0.25, 0.3) is 0 Å². The van der Waals surface area contributed by atoms with Crippen LogP contribution in [0, 0.1) is 0 Å². The Morgan fingerprint density at radius 3 is 2.56 bits per heavy atom. The fourth-order valence-electron chi connectivity index (χ4n) is 2.73. The molecule has 0 bridgehead atoms. The standard InChI is InChI=1S/C15H29NO2/c1-3-5-6-7-8-13-18-14(17)15(10-4-2)11-9-12-16-15/h16H,3-13H2,1-2H3. The van der Waals surface area contributed by atoms with Gasteiger partial charge in [-0.05, 0) is 32.2 Å². The Morgan fingerprint density at radius 1 is 1.17 bits per heavy atom. The molecule has 0 aromatic heterocycles. The van der Waals surface area contributed by atoms with Crippen LogP contribution in [0.4, 0.5) is 0 Å². The highest BCUT2D eigenvalue weighted by Gasteiger charge is 2.41. The van der Waals surface area contributed by atoms with Crippen molar-refractivity contribution in [2.75, 3.05) is 13.2 Å². The largest absolute Gasteiger partial charge is 0.464 e. The molecular weight excluding hydrogens is 226 g/mol. The highest BCUT2D eigenvalue weighted by atomic mass is 16.5. The molecule has 18 heavy (non-hydrogen) atoms. The Labute approximate surface area is 112 Å². The average molecular weight is 255 g/mol. The van der Waals surface area contributed by atoms with Crippen molar-refractivity contribution in [2.24, 2.45) is 0 Å². The van der Waals surface area contributed by atoms with E-state index in [0.717, 1.165) is 38.6 Å². The Morgan fingerprint density at radius 2 is 1.94 bits per heavy atom. The molecule has 1 N–H and O–H groups in total. The third kappa shape index (κ3) is 4.60. The minimum absolute atomic E-state index is 0.0164. The molecule has 1 aliphatic heterocycles. The van der Waals surface area contributed by atoms with Gasteiger partial charge in [0.2, 0.25) is 0 Å². The minimum atomic E-state index is -0.363. The first-order valence-corrected chi connectivity index (χ1v) is 7.67. The zero-order chi connectivity index (χ0) is 13.3. The van der Waals surface area contributed by atoms with Crippen LogP contribution in [-0.2, 0) is 9.53 Å². The number of esters is 1. The number of rotatable bonds is 9. The van der Waals surface area contributed by atoms with E-state index in [4.69, 9.17) is 4.74 Å². The van der Waals surface area contributed by atoms with Gasteiger partial charge in [0.1, 0.15) is 5.54 Å². The molecule has 0 aliphatic carbocycles. The number of carbonyl (C=O) groups is 1. The highest BCUT2D eigenvalue weighted by Crippen LogP contribution is 2.26. The Hall–Kier alpha value is -0.570. The molecule has 0 aromatic rings. The number of nitrogens with one attached hydrogen (secondary N) is 1.